The second-order valence-corrected chi connectivity index (χ2v) is 3.57. The Hall–Kier alpha value is -1.69. The molecule has 2 aromatic heterocycles. The van der Waals surface area contributed by atoms with Gasteiger partial charge < -0.3 is 5.32 Å². The number of aromatic nitrogens is 5. The highest BCUT2D eigenvalue weighted by Crippen LogP contribution is 2.02. The summed E-state index contributed by atoms with van der Waals surface area (Å²) in [5.74, 6) is 0.937. The summed E-state index contributed by atoms with van der Waals surface area (Å²) >= 11 is 0. The minimum absolute atomic E-state index is 0.719. The van der Waals surface area contributed by atoms with Gasteiger partial charge in [0.2, 0.25) is 0 Å². The zero-order valence-corrected chi connectivity index (χ0v) is 9.59. The van der Waals surface area contributed by atoms with Crippen molar-refractivity contribution in [1.29, 1.82) is 0 Å². The van der Waals surface area contributed by atoms with Crippen LogP contribution in [0.5, 0.6) is 0 Å². The van der Waals surface area contributed by atoms with Crippen molar-refractivity contribution < 1.29 is 0 Å². The first-order valence-corrected chi connectivity index (χ1v) is 5.36. The van der Waals surface area contributed by atoms with Crippen LogP contribution in [0.25, 0.3) is 0 Å². The Balaban J connectivity index is 2.10. The summed E-state index contributed by atoms with van der Waals surface area (Å²) in [6.07, 6.45) is 5.48. The molecule has 0 saturated carbocycles. The smallest absolute Gasteiger partial charge is 0.141 e. The second-order valence-electron chi connectivity index (χ2n) is 3.57. The van der Waals surface area contributed by atoms with Crippen LogP contribution in [0.4, 0.5) is 0 Å². The molecule has 0 aliphatic rings. The molecule has 0 aromatic carbocycles. The molecule has 1 N–H and O–H groups in total. The van der Waals surface area contributed by atoms with Gasteiger partial charge in [-0.1, -0.05) is 0 Å². The maximum atomic E-state index is 4.23. The van der Waals surface area contributed by atoms with E-state index in [2.05, 4.69) is 27.4 Å². The highest BCUT2D eigenvalue weighted by Gasteiger charge is 2.05. The summed E-state index contributed by atoms with van der Waals surface area (Å²) in [6, 6.07) is 0. The standard InChI is InChI=1S/C10H16N6/c1-3-15-6-9(4-13-15)7-16-10(5-11-2)12-8-14-16/h4,6,8,11H,3,5,7H2,1-2H3. The summed E-state index contributed by atoms with van der Waals surface area (Å²) in [6.45, 7) is 4.40. The fraction of sp³-hybridized carbons (Fsp3) is 0.500. The number of hydrogen-bond donors (Lipinski definition) is 1. The first kappa shape index (κ1) is 10.8. The SMILES string of the molecule is CCn1cc(Cn2ncnc2CNC)cn1. The van der Waals surface area contributed by atoms with Crippen LogP contribution in [0.15, 0.2) is 18.7 Å². The third-order valence-corrected chi connectivity index (χ3v) is 2.37. The first-order valence-electron chi connectivity index (χ1n) is 5.36. The van der Waals surface area contributed by atoms with Gasteiger partial charge in [-0.05, 0) is 14.0 Å². The molecule has 0 aliphatic heterocycles. The third-order valence-electron chi connectivity index (χ3n) is 2.37. The van der Waals surface area contributed by atoms with E-state index in [1.807, 2.05) is 28.8 Å². The summed E-state index contributed by atoms with van der Waals surface area (Å²) in [5.41, 5.74) is 1.14. The molecule has 0 spiro atoms. The monoisotopic (exact) mass is 220 g/mol. The third kappa shape index (κ3) is 2.27. The van der Waals surface area contributed by atoms with Crippen molar-refractivity contribution in [3.8, 4) is 0 Å². The molecule has 0 radical (unpaired) electrons. The number of hydrogen-bond acceptors (Lipinski definition) is 4. The van der Waals surface area contributed by atoms with Crippen LogP contribution >= 0.6 is 0 Å². The minimum atomic E-state index is 0.719. The van der Waals surface area contributed by atoms with Crippen LogP contribution in [0.1, 0.15) is 18.3 Å². The van der Waals surface area contributed by atoms with Gasteiger partial charge in [0.25, 0.3) is 0 Å². The van der Waals surface area contributed by atoms with Crippen molar-refractivity contribution in [2.75, 3.05) is 7.05 Å². The van der Waals surface area contributed by atoms with Crippen molar-refractivity contribution in [1.82, 2.24) is 29.9 Å². The molecular weight excluding hydrogens is 204 g/mol. The number of nitrogens with one attached hydrogen (secondary N) is 1. The molecule has 0 unspecified atom stereocenters. The highest BCUT2D eigenvalue weighted by molar-refractivity contribution is 5.05. The fourth-order valence-corrected chi connectivity index (χ4v) is 1.55. The number of rotatable bonds is 5. The highest BCUT2D eigenvalue weighted by atomic mass is 15.3. The van der Waals surface area contributed by atoms with Gasteiger partial charge in [0.15, 0.2) is 0 Å². The van der Waals surface area contributed by atoms with Gasteiger partial charge >= 0.3 is 0 Å². The van der Waals surface area contributed by atoms with Gasteiger partial charge in [-0.25, -0.2) is 9.67 Å². The minimum Gasteiger partial charge on any atom is -0.313 e. The van der Waals surface area contributed by atoms with Gasteiger partial charge in [0.1, 0.15) is 12.2 Å². The Bertz CT molecular complexity index is 444. The lowest BCUT2D eigenvalue weighted by atomic mass is 10.3. The maximum absolute atomic E-state index is 4.23. The van der Waals surface area contributed by atoms with E-state index in [1.165, 1.54) is 0 Å². The predicted molar refractivity (Wildman–Crippen MR) is 59.8 cm³/mol. The Morgan fingerprint density at radius 2 is 2.25 bits per heavy atom. The van der Waals surface area contributed by atoms with E-state index >= 15 is 0 Å². The predicted octanol–water partition coefficient (Wildman–Crippen LogP) is 0.262. The molecule has 6 nitrogen and oxygen atoms in total. The maximum Gasteiger partial charge on any atom is 0.141 e. The van der Waals surface area contributed by atoms with Crippen LogP contribution in [-0.2, 0) is 19.6 Å². The van der Waals surface area contributed by atoms with Gasteiger partial charge in [-0.15, -0.1) is 0 Å². The Kier molecular flexibility index (Phi) is 3.31. The molecule has 2 heterocycles. The Morgan fingerprint density at radius 1 is 1.38 bits per heavy atom. The molecule has 0 aliphatic carbocycles. The normalized spacial score (nSPS) is 10.9. The zero-order chi connectivity index (χ0) is 11.4. The van der Waals surface area contributed by atoms with Crippen molar-refractivity contribution >= 4 is 0 Å². The number of aryl methyl sites for hydroxylation is 1. The van der Waals surface area contributed by atoms with Crippen LogP contribution in [-0.4, -0.2) is 31.6 Å². The molecule has 0 atom stereocenters. The van der Waals surface area contributed by atoms with Crippen molar-refractivity contribution in [2.45, 2.75) is 26.6 Å². The van der Waals surface area contributed by atoms with Crippen LogP contribution < -0.4 is 5.32 Å². The molecule has 0 fully saturated rings. The second kappa shape index (κ2) is 4.89. The number of nitrogens with zero attached hydrogens (tertiary/aromatic N) is 5. The van der Waals surface area contributed by atoms with E-state index in [4.69, 9.17) is 0 Å². The van der Waals surface area contributed by atoms with E-state index < -0.39 is 0 Å². The molecular formula is C10H16N6. The van der Waals surface area contributed by atoms with Crippen LogP contribution in [0.2, 0.25) is 0 Å². The lowest BCUT2D eigenvalue weighted by Crippen LogP contribution is -2.13. The molecule has 0 amide bonds. The van der Waals surface area contributed by atoms with Crippen LogP contribution in [0.3, 0.4) is 0 Å². The molecule has 86 valence electrons. The lowest BCUT2D eigenvalue weighted by molar-refractivity contribution is 0.611. The topological polar surface area (TPSA) is 60.6 Å². The van der Waals surface area contributed by atoms with Gasteiger partial charge in [0, 0.05) is 18.3 Å². The quantitative estimate of drug-likeness (QED) is 0.785. The molecule has 6 heteroatoms. The molecule has 0 bridgehead atoms. The average Bonchev–Trinajstić information content (AvgIpc) is 2.90. The first-order chi connectivity index (χ1) is 7.83. The van der Waals surface area contributed by atoms with Crippen molar-refractivity contribution in [3.05, 3.63) is 30.1 Å². The zero-order valence-electron chi connectivity index (χ0n) is 9.59. The van der Waals surface area contributed by atoms with E-state index in [0.29, 0.717) is 0 Å². The summed E-state index contributed by atoms with van der Waals surface area (Å²) in [5, 5.41) is 11.5. The van der Waals surface area contributed by atoms with Crippen molar-refractivity contribution in [3.63, 3.8) is 0 Å². The van der Waals surface area contributed by atoms with E-state index in [9.17, 15) is 0 Å². The van der Waals surface area contributed by atoms with Crippen molar-refractivity contribution in [2.24, 2.45) is 0 Å². The van der Waals surface area contributed by atoms with Crippen LogP contribution in [0, 0.1) is 0 Å². The molecule has 16 heavy (non-hydrogen) atoms. The van der Waals surface area contributed by atoms with E-state index in [0.717, 1.165) is 31.0 Å². The summed E-state index contributed by atoms with van der Waals surface area (Å²) in [4.78, 5) is 4.19. The molecule has 0 saturated heterocycles. The summed E-state index contributed by atoms with van der Waals surface area (Å²) < 4.78 is 3.79. The Labute approximate surface area is 94.3 Å². The van der Waals surface area contributed by atoms with E-state index in [1.54, 1.807) is 6.33 Å². The molecule has 2 aromatic rings. The van der Waals surface area contributed by atoms with Gasteiger partial charge in [0.05, 0.1) is 19.3 Å². The lowest BCUT2D eigenvalue weighted by Gasteiger charge is -2.03. The van der Waals surface area contributed by atoms with Gasteiger partial charge in [-0.3, -0.25) is 4.68 Å². The van der Waals surface area contributed by atoms with E-state index in [-0.39, 0.29) is 0 Å². The average molecular weight is 220 g/mol. The van der Waals surface area contributed by atoms with Gasteiger partial charge in [-0.2, -0.15) is 10.2 Å². The largest absolute Gasteiger partial charge is 0.313 e. The fourth-order valence-electron chi connectivity index (χ4n) is 1.55. The summed E-state index contributed by atoms with van der Waals surface area (Å²) in [7, 11) is 1.90. The molecule has 2 rings (SSSR count). The Morgan fingerprint density at radius 3 is 2.94 bits per heavy atom.